The summed E-state index contributed by atoms with van der Waals surface area (Å²) in [5.74, 6) is -0.518. The van der Waals surface area contributed by atoms with Gasteiger partial charge in [-0.15, -0.1) is 0 Å². The number of hydrogen-bond acceptors (Lipinski definition) is 3. The molecule has 2 aromatic rings. The minimum absolute atomic E-state index is 0.00177. The van der Waals surface area contributed by atoms with E-state index in [0.29, 0.717) is 11.3 Å². The van der Waals surface area contributed by atoms with Crippen LogP contribution in [0.2, 0.25) is 5.02 Å². The fourth-order valence-corrected chi connectivity index (χ4v) is 1.95. The second kappa shape index (κ2) is 5.95. The number of ether oxygens (including phenoxy) is 1. The molecule has 1 aromatic heterocycles. The summed E-state index contributed by atoms with van der Waals surface area (Å²) < 4.78 is 18.9. The Balaban J connectivity index is 2.22. The topological polar surface area (TPSA) is 48.1 Å². The predicted molar refractivity (Wildman–Crippen MR) is 75.9 cm³/mol. The van der Waals surface area contributed by atoms with Crippen molar-refractivity contribution < 1.29 is 9.13 Å². The van der Waals surface area contributed by atoms with E-state index >= 15 is 0 Å². The van der Waals surface area contributed by atoms with Gasteiger partial charge in [-0.25, -0.2) is 4.39 Å². The van der Waals surface area contributed by atoms with Crippen LogP contribution in [0.4, 0.5) is 4.39 Å². The average Bonchev–Trinajstić information content (AvgIpc) is 2.38. The van der Waals surface area contributed by atoms with Gasteiger partial charge in [0.15, 0.2) is 11.6 Å². The minimum Gasteiger partial charge on any atom is -0.484 e. The van der Waals surface area contributed by atoms with Crippen LogP contribution in [0, 0.1) is 5.82 Å². The molecular formula is C13H10ClFN2OS. The number of pyridine rings is 1. The van der Waals surface area contributed by atoms with Gasteiger partial charge in [-0.1, -0.05) is 36.0 Å². The molecular weight excluding hydrogens is 287 g/mol. The molecule has 2 rings (SSSR count). The predicted octanol–water partition coefficient (Wildman–Crippen LogP) is 3.09. The molecule has 19 heavy (non-hydrogen) atoms. The van der Waals surface area contributed by atoms with E-state index in [2.05, 4.69) is 4.98 Å². The first-order valence-corrected chi connectivity index (χ1v) is 6.18. The maximum atomic E-state index is 13.5. The van der Waals surface area contributed by atoms with Crippen molar-refractivity contribution in [3.8, 4) is 5.75 Å². The van der Waals surface area contributed by atoms with Crippen LogP contribution < -0.4 is 10.5 Å². The van der Waals surface area contributed by atoms with E-state index in [9.17, 15) is 4.39 Å². The third kappa shape index (κ3) is 3.19. The third-order valence-electron chi connectivity index (χ3n) is 2.42. The van der Waals surface area contributed by atoms with Gasteiger partial charge in [0.05, 0.1) is 5.02 Å². The van der Waals surface area contributed by atoms with Crippen LogP contribution in [0.25, 0.3) is 0 Å². The highest BCUT2D eigenvalue weighted by atomic mass is 35.5. The van der Waals surface area contributed by atoms with Gasteiger partial charge >= 0.3 is 0 Å². The summed E-state index contributed by atoms with van der Waals surface area (Å²) in [5.41, 5.74) is 6.69. The molecule has 1 aromatic carbocycles. The van der Waals surface area contributed by atoms with Gasteiger partial charge < -0.3 is 10.5 Å². The van der Waals surface area contributed by atoms with Crippen LogP contribution in [0.5, 0.6) is 5.75 Å². The fraction of sp³-hybridized carbons (Fsp3) is 0.0769. The van der Waals surface area contributed by atoms with Gasteiger partial charge in [-0.05, 0) is 18.2 Å². The fourth-order valence-electron chi connectivity index (χ4n) is 1.55. The first kappa shape index (κ1) is 13.7. The summed E-state index contributed by atoms with van der Waals surface area (Å²) in [6.07, 6.45) is 1.58. The SMILES string of the molecule is NC(=S)c1ncccc1COc1c(F)cccc1Cl. The molecule has 0 fully saturated rings. The standard InChI is InChI=1S/C13H10ClFN2OS/c14-9-4-1-5-10(15)12(9)18-7-8-3-2-6-17-11(8)13(16)19/h1-6H,7H2,(H2,16,19). The number of halogens is 2. The molecule has 98 valence electrons. The minimum atomic E-state index is -0.520. The van der Waals surface area contributed by atoms with E-state index in [1.54, 1.807) is 24.4 Å². The van der Waals surface area contributed by atoms with Crippen molar-refractivity contribution in [2.45, 2.75) is 6.61 Å². The van der Waals surface area contributed by atoms with Crippen LogP contribution in [-0.4, -0.2) is 9.97 Å². The molecule has 0 saturated heterocycles. The Morgan fingerprint density at radius 2 is 2.16 bits per heavy atom. The zero-order valence-electron chi connectivity index (χ0n) is 9.77. The number of para-hydroxylation sites is 1. The maximum Gasteiger partial charge on any atom is 0.174 e. The number of rotatable bonds is 4. The zero-order chi connectivity index (χ0) is 13.8. The summed E-state index contributed by atoms with van der Waals surface area (Å²) in [6, 6.07) is 7.82. The van der Waals surface area contributed by atoms with Crippen LogP contribution in [-0.2, 0) is 6.61 Å². The molecule has 0 atom stereocenters. The lowest BCUT2D eigenvalue weighted by Gasteiger charge is -2.11. The summed E-state index contributed by atoms with van der Waals surface area (Å²) >= 11 is 10.8. The Hall–Kier alpha value is -1.72. The molecule has 0 amide bonds. The first-order chi connectivity index (χ1) is 9.09. The van der Waals surface area contributed by atoms with Gasteiger partial charge in [0, 0.05) is 11.8 Å². The normalized spacial score (nSPS) is 10.2. The average molecular weight is 297 g/mol. The zero-order valence-corrected chi connectivity index (χ0v) is 11.3. The van der Waals surface area contributed by atoms with Gasteiger partial charge in [-0.3, -0.25) is 4.98 Å². The molecule has 0 aliphatic rings. The highest BCUT2D eigenvalue weighted by Crippen LogP contribution is 2.28. The van der Waals surface area contributed by atoms with Crippen molar-refractivity contribution in [1.29, 1.82) is 0 Å². The summed E-state index contributed by atoms with van der Waals surface area (Å²) in [5, 5.41) is 0.209. The molecule has 0 spiro atoms. The van der Waals surface area contributed by atoms with E-state index in [0.717, 1.165) is 0 Å². The van der Waals surface area contributed by atoms with Crippen molar-refractivity contribution in [3.05, 3.63) is 58.6 Å². The van der Waals surface area contributed by atoms with Crippen LogP contribution >= 0.6 is 23.8 Å². The number of aromatic nitrogens is 1. The number of hydrogen-bond donors (Lipinski definition) is 1. The van der Waals surface area contributed by atoms with E-state index < -0.39 is 5.82 Å². The Bertz CT molecular complexity index is 601. The summed E-state index contributed by atoms with van der Waals surface area (Å²) in [6.45, 7) is 0.0845. The van der Waals surface area contributed by atoms with Crippen molar-refractivity contribution in [2.24, 2.45) is 5.73 Å². The van der Waals surface area contributed by atoms with Crippen LogP contribution in [0.3, 0.4) is 0 Å². The highest BCUT2D eigenvalue weighted by Gasteiger charge is 2.11. The second-order valence-corrected chi connectivity index (χ2v) is 4.56. The van der Waals surface area contributed by atoms with Crippen LogP contribution in [0.1, 0.15) is 11.3 Å². The molecule has 0 radical (unpaired) electrons. The lowest BCUT2D eigenvalue weighted by Crippen LogP contribution is -2.15. The third-order valence-corrected chi connectivity index (χ3v) is 2.91. The van der Waals surface area contributed by atoms with Crippen molar-refractivity contribution in [1.82, 2.24) is 4.98 Å². The molecule has 6 heteroatoms. The Labute approximate surface area is 120 Å². The molecule has 3 nitrogen and oxygen atoms in total. The quantitative estimate of drug-likeness (QED) is 0.881. The largest absolute Gasteiger partial charge is 0.484 e. The van der Waals surface area contributed by atoms with Crippen molar-refractivity contribution >= 4 is 28.8 Å². The van der Waals surface area contributed by atoms with E-state index in [4.69, 9.17) is 34.3 Å². The Morgan fingerprint density at radius 3 is 2.84 bits per heavy atom. The van der Waals surface area contributed by atoms with E-state index in [-0.39, 0.29) is 22.4 Å². The molecule has 0 bridgehead atoms. The molecule has 0 unspecified atom stereocenters. The lowest BCUT2D eigenvalue weighted by molar-refractivity contribution is 0.290. The molecule has 0 aliphatic carbocycles. The van der Waals surface area contributed by atoms with Gasteiger partial charge in [0.25, 0.3) is 0 Å². The smallest absolute Gasteiger partial charge is 0.174 e. The number of thiocarbonyl (C=S) groups is 1. The van der Waals surface area contributed by atoms with E-state index in [1.807, 2.05) is 0 Å². The lowest BCUT2D eigenvalue weighted by atomic mass is 10.2. The highest BCUT2D eigenvalue weighted by molar-refractivity contribution is 7.80. The van der Waals surface area contributed by atoms with Gasteiger partial charge in [0.1, 0.15) is 17.3 Å². The number of nitrogens with zero attached hydrogens (tertiary/aromatic N) is 1. The molecule has 2 N–H and O–H groups in total. The summed E-state index contributed by atoms with van der Waals surface area (Å²) in [7, 11) is 0. The van der Waals surface area contributed by atoms with Crippen LogP contribution in [0.15, 0.2) is 36.5 Å². The monoisotopic (exact) mass is 296 g/mol. The molecule has 0 aliphatic heterocycles. The molecule has 0 saturated carbocycles. The Kier molecular flexibility index (Phi) is 4.29. The van der Waals surface area contributed by atoms with Gasteiger partial charge in [0.2, 0.25) is 0 Å². The van der Waals surface area contributed by atoms with E-state index in [1.165, 1.54) is 12.1 Å². The number of nitrogens with two attached hydrogens (primary N) is 1. The van der Waals surface area contributed by atoms with Crippen molar-refractivity contribution in [2.75, 3.05) is 0 Å². The van der Waals surface area contributed by atoms with Gasteiger partial charge in [-0.2, -0.15) is 0 Å². The summed E-state index contributed by atoms with van der Waals surface area (Å²) in [4.78, 5) is 4.23. The second-order valence-electron chi connectivity index (χ2n) is 3.71. The maximum absolute atomic E-state index is 13.5. The Morgan fingerprint density at radius 1 is 1.37 bits per heavy atom. The number of benzene rings is 1. The first-order valence-electron chi connectivity index (χ1n) is 5.40. The molecule has 1 heterocycles. The van der Waals surface area contributed by atoms with Crippen molar-refractivity contribution in [3.63, 3.8) is 0 Å².